The largest absolute Gasteiger partial charge is 0.309 e. The summed E-state index contributed by atoms with van der Waals surface area (Å²) in [4.78, 5) is 14.6. The summed E-state index contributed by atoms with van der Waals surface area (Å²) in [5, 5.41) is 5.53. The van der Waals surface area contributed by atoms with Crippen LogP contribution in [0, 0.1) is 0 Å². The van der Waals surface area contributed by atoms with E-state index >= 15 is 0 Å². The van der Waals surface area contributed by atoms with Crippen LogP contribution in [0.1, 0.15) is 0 Å². The highest BCUT2D eigenvalue weighted by atomic mass is 16.1. The lowest BCUT2D eigenvalue weighted by Gasteiger charge is -2.14. The molecule has 0 radical (unpaired) electrons. The van der Waals surface area contributed by atoms with Crippen LogP contribution in [0.5, 0.6) is 0 Å². The highest BCUT2D eigenvalue weighted by Crippen LogP contribution is 2.42. The highest BCUT2D eigenvalue weighted by molar-refractivity contribution is 6.13. The molecule has 4 heterocycles. The van der Waals surface area contributed by atoms with Crippen LogP contribution in [0.25, 0.3) is 111 Å². The maximum Gasteiger partial charge on any atom is 0.266 e. The van der Waals surface area contributed by atoms with Gasteiger partial charge in [-0.05, 0) is 107 Å². The van der Waals surface area contributed by atoms with E-state index in [-0.39, 0.29) is 5.56 Å². The van der Waals surface area contributed by atoms with Gasteiger partial charge in [0.05, 0.1) is 38.7 Å². The fourth-order valence-corrected chi connectivity index (χ4v) is 10.2. The van der Waals surface area contributed by atoms with Gasteiger partial charge in [0.15, 0.2) is 0 Å². The van der Waals surface area contributed by atoms with Crippen molar-refractivity contribution in [2.45, 2.75) is 0 Å². The molecule has 0 aliphatic carbocycles. The standard InChI is InChI=1S/C59H38N4O/c64-59-48-27-12-13-28-52(48)60-38-51(57(39-17-4-1-5-18-39)58(60)63(59)44-22-8-3-9-23-44)42-19-16-24-45(35-42)62-54-30-15-11-26-47(54)50-37-41(32-34-56(50)62)40-31-33-55-49(36-40)46-25-10-14-29-53(46)61(55)43-20-6-2-7-21-43/h1-38H. The molecule has 0 aliphatic heterocycles. The molecule has 9 aromatic carbocycles. The van der Waals surface area contributed by atoms with Gasteiger partial charge >= 0.3 is 0 Å². The van der Waals surface area contributed by atoms with Gasteiger partial charge in [-0.25, -0.2) is 0 Å². The minimum absolute atomic E-state index is 0.0478. The molecule has 0 saturated carbocycles. The second kappa shape index (κ2) is 14.2. The Balaban J connectivity index is 1.00. The molecule has 5 nitrogen and oxygen atoms in total. The van der Waals surface area contributed by atoms with Crippen molar-refractivity contribution in [1.29, 1.82) is 0 Å². The molecule has 0 N–H and O–H groups in total. The van der Waals surface area contributed by atoms with Crippen molar-refractivity contribution in [2.75, 3.05) is 0 Å². The first kappa shape index (κ1) is 36.0. The van der Waals surface area contributed by atoms with E-state index in [9.17, 15) is 4.79 Å². The molecule has 0 saturated heterocycles. The van der Waals surface area contributed by atoms with Crippen LogP contribution in [0.3, 0.4) is 0 Å². The number of nitrogens with zero attached hydrogens (tertiary/aromatic N) is 4. The summed E-state index contributed by atoms with van der Waals surface area (Å²) in [7, 11) is 0. The SMILES string of the molecule is O=c1c2ccccc2n2cc(-c3cccc(-n4c5ccccc5c5cc(-c6ccc7c(c6)c6ccccc6n7-c6ccccc6)ccc54)c3)c(-c3ccccc3)c2n1-c1ccccc1. The van der Waals surface area contributed by atoms with Gasteiger partial charge in [0.2, 0.25) is 0 Å². The van der Waals surface area contributed by atoms with E-state index in [2.05, 4.69) is 184 Å². The molecule has 13 rings (SSSR count). The summed E-state index contributed by atoms with van der Waals surface area (Å²) in [5.41, 5.74) is 15.8. The predicted molar refractivity (Wildman–Crippen MR) is 265 cm³/mol. The normalized spacial score (nSPS) is 11.8. The Morgan fingerprint density at radius 1 is 0.297 bits per heavy atom. The number of hydrogen-bond donors (Lipinski definition) is 0. The fraction of sp³-hybridized carbons (Fsp3) is 0. The quantitative estimate of drug-likeness (QED) is 0.165. The number of para-hydroxylation sites is 5. The lowest BCUT2D eigenvalue weighted by Crippen LogP contribution is -2.21. The minimum Gasteiger partial charge on any atom is -0.309 e. The maximum absolute atomic E-state index is 14.6. The molecule has 0 spiro atoms. The van der Waals surface area contributed by atoms with Crippen molar-refractivity contribution < 1.29 is 0 Å². The molecule has 64 heavy (non-hydrogen) atoms. The van der Waals surface area contributed by atoms with Crippen molar-refractivity contribution in [3.05, 3.63) is 241 Å². The third-order valence-electron chi connectivity index (χ3n) is 13.0. The van der Waals surface area contributed by atoms with Gasteiger partial charge in [-0.3, -0.25) is 9.36 Å². The molecule has 5 heteroatoms. The molecule has 0 amide bonds. The van der Waals surface area contributed by atoms with Gasteiger partial charge in [0.1, 0.15) is 5.65 Å². The van der Waals surface area contributed by atoms with Crippen LogP contribution in [0.2, 0.25) is 0 Å². The Hall–Kier alpha value is -8.67. The van der Waals surface area contributed by atoms with Gasteiger partial charge in [0.25, 0.3) is 5.56 Å². The molecule has 0 bridgehead atoms. The first-order chi connectivity index (χ1) is 31.7. The number of hydrogen-bond acceptors (Lipinski definition) is 1. The lowest BCUT2D eigenvalue weighted by atomic mass is 9.98. The van der Waals surface area contributed by atoms with Crippen molar-refractivity contribution in [3.63, 3.8) is 0 Å². The second-order valence-corrected chi connectivity index (χ2v) is 16.5. The smallest absolute Gasteiger partial charge is 0.266 e. The van der Waals surface area contributed by atoms with Crippen LogP contribution in [0.4, 0.5) is 0 Å². The van der Waals surface area contributed by atoms with E-state index in [1.54, 1.807) is 0 Å². The lowest BCUT2D eigenvalue weighted by molar-refractivity contribution is 1.00. The van der Waals surface area contributed by atoms with E-state index in [4.69, 9.17) is 0 Å². The molecule has 0 aliphatic rings. The first-order valence-electron chi connectivity index (χ1n) is 21.7. The number of benzene rings is 9. The molecule has 0 unspecified atom stereocenters. The summed E-state index contributed by atoms with van der Waals surface area (Å²) in [6.45, 7) is 0. The summed E-state index contributed by atoms with van der Waals surface area (Å²) in [6.07, 6.45) is 2.21. The summed E-state index contributed by atoms with van der Waals surface area (Å²) in [6, 6.07) is 79.0. The number of fused-ring (bicyclic) bond motifs is 9. The highest BCUT2D eigenvalue weighted by Gasteiger charge is 2.23. The molecular weight excluding hydrogens is 781 g/mol. The zero-order valence-electron chi connectivity index (χ0n) is 34.6. The molecule has 0 fully saturated rings. The third-order valence-corrected chi connectivity index (χ3v) is 13.0. The van der Waals surface area contributed by atoms with E-state index < -0.39 is 0 Å². The van der Waals surface area contributed by atoms with Crippen LogP contribution < -0.4 is 5.56 Å². The average molecular weight is 819 g/mol. The summed E-state index contributed by atoms with van der Waals surface area (Å²) < 4.78 is 8.83. The topological polar surface area (TPSA) is 36.3 Å². The molecular formula is C59H38N4O. The predicted octanol–water partition coefficient (Wildman–Crippen LogP) is 14.4. The molecule has 13 aromatic rings. The Bertz CT molecular complexity index is 4020. The summed E-state index contributed by atoms with van der Waals surface area (Å²) >= 11 is 0. The van der Waals surface area contributed by atoms with Crippen molar-refractivity contribution in [1.82, 2.24) is 18.1 Å². The molecule has 4 aromatic heterocycles. The van der Waals surface area contributed by atoms with Gasteiger partial charge < -0.3 is 13.5 Å². The van der Waals surface area contributed by atoms with Crippen LogP contribution in [-0.2, 0) is 0 Å². The summed E-state index contributed by atoms with van der Waals surface area (Å²) in [5.74, 6) is 0. The van der Waals surface area contributed by atoms with Crippen molar-refractivity contribution >= 4 is 60.2 Å². The van der Waals surface area contributed by atoms with E-state index in [0.717, 1.165) is 61.5 Å². The zero-order chi connectivity index (χ0) is 42.3. The van der Waals surface area contributed by atoms with Crippen LogP contribution in [-0.4, -0.2) is 18.1 Å². The Morgan fingerprint density at radius 2 is 0.750 bits per heavy atom. The average Bonchev–Trinajstić information content (AvgIpc) is 4.03. The van der Waals surface area contributed by atoms with E-state index in [0.29, 0.717) is 5.39 Å². The van der Waals surface area contributed by atoms with Gasteiger partial charge in [-0.2, -0.15) is 0 Å². The second-order valence-electron chi connectivity index (χ2n) is 16.5. The first-order valence-corrected chi connectivity index (χ1v) is 21.7. The van der Waals surface area contributed by atoms with Crippen LogP contribution >= 0.6 is 0 Å². The van der Waals surface area contributed by atoms with E-state index in [1.165, 1.54) is 43.7 Å². The van der Waals surface area contributed by atoms with Gasteiger partial charge in [0, 0.05) is 50.2 Å². The fourth-order valence-electron chi connectivity index (χ4n) is 10.2. The number of aromatic nitrogens is 4. The molecule has 300 valence electrons. The third kappa shape index (κ3) is 5.41. The zero-order valence-corrected chi connectivity index (χ0v) is 34.6. The minimum atomic E-state index is -0.0478. The van der Waals surface area contributed by atoms with Gasteiger partial charge in [-0.1, -0.05) is 140 Å². The van der Waals surface area contributed by atoms with Crippen molar-refractivity contribution in [2.24, 2.45) is 0 Å². The Labute approximate surface area is 368 Å². The van der Waals surface area contributed by atoms with Crippen LogP contribution in [0.15, 0.2) is 235 Å². The maximum atomic E-state index is 14.6. The van der Waals surface area contributed by atoms with E-state index in [1.807, 2.05) is 65.2 Å². The number of rotatable bonds is 6. The Morgan fingerprint density at radius 3 is 1.36 bits per heavy atom. The van der Waals surface area contributed by atoms with Gasteiger partial charge in [-0.15, -0.1) is 0 Å². The Kier molecular flexibility index (Phi) is 7.99. The molecule has 0 atom stereocenters. The van der Waals surface area contributed by atoms with Crippen molar-refractivity contribution in [3.8, 4) is 50.4 Å². The monoisotopic (exact) mass is 818 g/mol.